The molecule has 0 radical (unpaired) electrons. The highest BCUT2D eigenvalue weighted by atomic mass is 32.1. The summed E-state index contributed by atoms with van der Waals surface area (Å²) in [5, 5.41) is 16.7. The van der Waals surface area contributed by atoms with Gasteiger partial charge in [-0.2, -0.15) is 5.10 Å². The van der Waals surface area contributed by atoms with Crippen LogP contribution in [0.25, 0.3) is 21.3 Å². The van der Waals surface area contributed by atoms with Gasteiger partial charge in [0.25, 0.3) is 0 Å². The van der Waals surface area contributed by atoms with Crippen molar-refractivity contribution in [2.75, 3.05) is 5.32 Å². The molecule has 9 nitrogen and oxygen atoms in total. The summed E-state index contributed by atoms with van der Waals surface area (Å²) in [7, 11) is 0. The number of nitrogens with one attached hydrogen (secondary N) is 2. The van der Waals surface area contributed by atoms with Crippen LogP contribution in [0.5, 0.6) is 5.75 Å². The molecule has 10 heteroatoms. The van der Waals surface area contributed by atoms with E-state index in [1.165, 1.54) is 6.21 Å². The van der Waals surface area contributed by atoms with Crippen molar-refractivity contribution in [1.29, 1.82) is 0 Å². The van der Waals surface area contributed by atoms with Crippen LogP contribution in [0.3, 0.4) is 0 Å². The van der Waals surface area contributed by atoms with E-state index in [-0.39, 0.29) is 10.9 Å². The number of amides is 2. The molecule has 192 valence electrons. The number of rotatable bonds is 6. The average Bonchev–Trinajstić information content (AvgIpc) is 3.42. The van der Waals surface area contributed by atoms with Crippen LogP contribution in [-0.4, -0.2) is 34.2 Å². The minimum atomic E-state index is -0.999. The quantitative estimate of drug-likeness (QED) is 0.104. The smallest absolute Gasteiger partial charge is 0.343 e. The fourth-order valence-corrected chi connectivity index (χ4v) is 4.50. The normalized spacial score (nSPS) is 10.9. The monoisotopic (exact) mass is 535 g/mol. The van der Waals surface area contributed by atoms with E-state index >= 15 is 0 Å². The molecule has 0 atom stereocenters. The second kappa shape index (κ2) is 11.4. The average molecular weight is 536 g/mol. The lowest BCUT2D eigenvalue weighted by Crippen LogP contribution is -2.32. The highest BCUT2D eigenvalue weighted by Gasteiger charge is 2.17. The molecular weight excluding hydrogens is 514 g/mol. The van der Waals surface area contributed by atoms with Crippen molar-refractivity contribution in [2.24, 2.45) is 5.10 Å². The maximum atomic E-state index is 12.8. The van der Waals surface area contributed by atoms with Crippen LogP contribution in [0.1, 0.15) is 21.5 Å². The van der Waals surface area contributed by atoms with E-state index in [4.69, 9.17) is 4.74 Å². The van der Waals surface area contributed by atoms with Crippen LogP contribution < -0.4 is 15.5 Å². The van der Waals surface area contributed by atoms with Crippen molar-refractivity contribution in [3.63, 3.8) is 0 Å². The third-order valence-electron chi connectivity index (χ3n) is 5.62. The van der Waals surface area contributed by atoms with Crippen LogP contribution in [-0.2, 0) is 9.59 Å². The Kier molecular flexibility index (Phi) is 7.46. The highest BCUT2D eigenvalue weighted by Crippen LogP contribution is 2.28. The number of aromatic nitrogens is 2. The van der Waals surface area contributed by atoms with Gasteiger partial charge in [0.05, 0.1) is 11.8 Å². The van der Waals surface area contributed by atoms with Crippen molar-refractivity contribution < 1.29 is 19.1 Å². The standard InChI is InChI=1S/C29H21N5O4S/c1-18-8-7-12-21(16-18)28(37)38-24-15-14-19-9-5-6-13-22(19)23(24)17-30-32-26(36)25(35)31-29-34-33-27(39-29)20-10-3-2-4-11-20/h2-17H,1H3,(H,32,36)(H,31,34,35)/b30-17+. The van der Waals surface area contributed by atoms with Gasteiger partial charge in [-0.1, -0.05) is 89.7 Å². The Morgan fingerprint density at radius 1 is 0.872 bits per heavy atom. The Balaban J connectivity index is 1.30. The summed E-state index contributed by atoms with van der Waals surface area (Å²) < 4.78 is 5.68. The molecular formula is C29H21N5O4S. The number of hydrogen-bond donors (Lipinski definition) is 2. The van der Waals surface area contributed by atoms with E-state index in [0.717, 1.165) is 33.2 Å². The van der Waals surface area contributed by atoms with Crippen molar-refractivity contribution in [2.45, 2.75) is 6.92 Å². The summed E-state index contributed by atoms with van der Waals surface area (Å²) >= 11 is 1.14. The van der Waals surface area contributed by atoms with Gasteiger partial charge in [0.1, 0.15) is 10.8 Å². The lowest BCUT2D eigenvalue weighted by molar-refractivity contribution is -0.136. The van der Waals surface area contributed by atoms with Crippen molar-refractivity contribution in [3.8, 4) is 16.3 Å². The molecule has 0 saturated heterocycles. The third-order valence-corrected chi connectivity index (χ3v) is 6.51. The molecule has 1 heterocycles. The van der Waals surface area contributed by atoms with Crippen LogP contribution >= 0.6 is 11.3 Å². The molecule has 4 aromatic carbocycles. The topological polar surface area (TPSA) is 123 Å². The molecule has 2 amide bonds. The van der Waals surface area contributed by atoms with Gasteiger partial charge >= 0.3 is 17.8 Å². The van der Waals surface area contributed by atoms with Crippen molar-refractivity contribution in [1.82, 2.24) is 15.6 Å². The molecule has 1 aromatic heterocycles. The zero-order valence-electron chi connectivity index (χ0n) is 20.6. The second-order valence-corrected chi connectivity index (χ2v) is 9.37. The number of carbonyl (C=O) groups excluding carboxylic acids is 3. The van der Waals surface area contributed by atoms with E-state index < -0.39 is 17.8 Å². The maximum Gasteiger partial charge on any atom is 0.343 e. The molecule has 0 unspecified atom stereocenters. The molecule has 39 heavy (non-hydrogen) atoms. The molecule has 0 aliphatic carbocycles. The predicted molar refractivity (Wildman–Crippen MR) is 150 cm³/mol. The third kappa shape index (κ3) is 6.03. The number of anilines is 1. The van der Waals surface area contributed by atoms with Crippen LogP contribution in [0.2, 0.25) is 0 Å². The Morgan fingerprint density at radius 3 is 2.49 bits per heavy atom. The molecule has 2 N–H and O–H groups in total. The summed E-state index contributed by atoms with van der Waals surface area (Å²) in [6.07, 6.45) is 1.34. The number of hydrogen-bond acceptors (Lipinski definition) is 8. The number of hydrazone groups is 1. The van der Waals surface area contributed by atoms with Crippen LogP contribution in [0.15, 0.2) is 96.1 Å². The Hall–Kier alpha value is -5.22. The molecule has 0 bridgehead atoms. The zero-order valence-corrected chi connectivity index (χ0v) is 21.4. The fourth-order valence-electron chi connectivity index (χ4n) is 3.76. The van der Waals surface area contributed by atoms with Gasteiger partial charge in [-0.15, -0.1) is 10.2 Å². The molecule has 5 aromatic rings. The minimum Gasteiger partial charge on any atom is -0.422 e. The second-order valence-electron chi connectivity index (χ2n) is 8.39. The minimum absolute atomic E-state index is 0.178. The molecule has 0 aliphatic rings. The first kappa shape index (κ1) is 25.4. The van der Waals surface area contributed by atoms with E-state index in [9.17, 15) is 14.4 Å². The van der Waals surface area contributed by atoms with Gasteiger partial charge in [-0.05, 0) is 35.9 Å². The number of fused-ring (bicyclic) bond motifs is 1. The SMILES string of the molecule is Cc1cccc(C(=O)Oc2ccc3ccccc3c2/C=N/NC(=O)C(=O)Nc2nnc(-c3ccccc3)s2)c1. The summed E-state index contributed by atoms with van der Waals surface area (Å²) in [6.45, 7) is 1.89. The first-order chi connectivity index (χ1) is 19.0. The largest absolute Gasteiger partial charge is 0.422 e. The first-order valence-corrected chi connectivity index (χ1v) is 12.6. The van der Waals surface area contributed by atoms with Gasteiger partial charge < -0.3 is 4.74 Å². The van der Waals surface area contributed by atoms with Crippen molar-refractivity contribution in [3.05, 3.63) is 108 Å². The molecule has 0 spiro atoms. The van der Waals surface area contributed by atoms with E-state index in [1.54, 1.807) is 24.3 Å². The van der Waals surface area contributed by atoms with Crippen LogP contribution in [0, 0.1) is 6.92 Å². The molecule has 0 fully saturated rings. The van der Waals surface area contributed by atoms with E-state index in [1.807, 2.05) is 73.7 Å². The Labute approximate surface area is 227 Å². The van der Waals surface area contributed by atoms with Gasteiger partial charge in [0.15, 0.2) is 0 Å². The number of carbonyl (C=O) groups is 3. The fraction of sp³-hybridized carbons (Fsp3) is 0.0345. The number of nitrogens with zero attached hydrogens (tertiary/aromatic N) is 3. The van der Waals surface area contributed by atoms with Gasteiger partial charge in [-0.3, -0.25) is 14.9 Å². The van der Waals surface area contributed by atoms with Gasteiger partial charge in [-0.25, -0.2) is 10.2 Å². The number of aryl methyl sites for hydroxylation is 1. The zero-order chi connectivity index (χ0) is 27.2. The molecule has 5 rings (SSSR count). The number of ether oxygens (including phenoxy) is 1. The lowest BCUT2D eigenvalue weighted by Gasteiger charge is -2.11. The number of benzene rings is 4. The van der Waals surface area contributed by atoms with Crippen molar-refractivity contribution >= 4 is 51.2 Å². The van der Waals surface area contributed by atoms with E-state index in [2.05, 4.69) is 26.0 Å². The number of esters is 1. The summed E-state index contributed by atoms with van der Waals surface area (Å²) in [5.74, 6) is -2.22. The van der Waals surface area contributed by atoms with Gasteiger partial charge in [0, 0.05) is 11.1 Å². The van der Waals surface area contributed by atoms with Gasteiger partial charge in [0.2, 0.25) is 5.13 Å². The molecule has 0 saturated carbocycles. The molecule has 0 aliphatic heterocycles. The summed E-state index contributed by atoms with van der Waals surface area (Å²) in [6, 6.07) is 27.4. The predicted octanol–water partition coefficient (Wildman–Crippen LogP) is 4.97. The maximum absolute atomic E-state index is 12.8. The van der Waals surface area contributed by atoms with E-state index in [0.29, 0.717) is 16.1 Å². The highest BCUT2D eigenvalue weighted by molar-refractivity contribution is 7.18. The van der Waals surface area contributed by atoms with Crippen LogP contribution in [0.4, 0.5) is 5.13 Å². The Bertz CT molecular complexity index is 1720. The first-order valence-electron chi connectivity index (χ1n) is 11.8. The Morgan fingerprint density at radius 2 is 1.67 bits per heavy atom. The summed E-state index contributed by atoms with van der Waals surface area (Å²) in [5.41, 5.74) is 4.85. The lowest BCUT2D eigenvalue weighted by atomic mass is 10.0. The summed E-state index contributed by atoms with van der Waals surface area (Å²) in [4.78, 5) is 37.6.